The molecule has 1 saturated carbocycles. The topological polar surface area (TPSA) is 76.2 Å². The van der Waals surface area contributed by atoms with Crippen molar-refractivity contribution in [2.24, 2.45) is 11.8 Å². The second kappa shape index (κ2) is 11.7. The van der Waals surface area contributed by atoms with E-state index in [1.807, 2.05) is 24.8 Å². The van der Waals surface area contributed by atoms with E-state index in [4.69, 9.17) is 23.2 Å². The Balaban J connectivity index is 1.30. The van der Waals surface area contributed by atoms with Crippen LogP contribution in [0.2, 0.25) is 10.0 Å². The third kappa shape index (κ3) is 6.15. The smallest absolute Gasteiger partial charge is 0.242 e. The van der Waals surface area contributed by atoms with Gasteiger partial charge in [0.05, 0.1) is 22.6 Å². The van der Waals surface area contributed by atoms with Crippen molar-refractivity contribution in [3.05, 3.63) is 33.8 Å². The van der Waals surface area contributed by atoms with Crippen molar-refractivity contribution in [3.8, 4) is 0 Å². The van der Waals surface area contributed by atoms with Crippen LogP contribution in [0.25, 0.3) is 0 Å². The van der Waals surface area contributed by atoms with Crippen LogP contribution in [0.4, 0.5) is 0 Å². The van der Waals surface area contributed by atoms with Gasteiger partial charge in [-0.2, -0.15) is 0 Å². The Morgan fingerprint density at radius 2 is 1.83 bits per heavy atom. The van der Waals surface area contributed by atoms with Gasteiger partial charge in [-0.05, 0) is 37.0 Å². The van der Waals surface area contributed by atoms with Gasteiger partial charge in [0.1, 0.15) is 6.54 Å². The Kier molecular flexibility index (Phi) is 8.81. The molecule has 3 atom stereocenters. The first-order valence-electron chi connectivity index (χ1n) is 12.9. The van der Waals surface area contributed by atoms with Crippen LogP contribution >= 0.6 is 23.2 Å². The second-order valence-corrected chi connectivity index (χ2v) is 11.4. The summed E-state index contributed by atoms with van der Waals surface area (Å²) < 4.78 is 0. The number of hydrogen-bond donors (Lipinski definition) is 1. The molecular weight excluding hydrogens is 501 g/mol. The predicted octanol–water partition coefficient (Wildman–Crippen LogP) is 2.68. The molecule has 3 unspecified atom stereocenters. The number of halogens is 2. The summed E-state index contributed by atoms with van der Waals surface area (Å²) in [6.07, 6.45) is 2.79. The summed E-state index contributed by atoms with van der Waals surface area (Å²) in [5.41, 5.74) is 0.883. The SMILES string of the molecule is CC(C)C(=O)N1CCN(C2CCC3NCN(CC(=O)N(C)Cc4ccc(Cl)c(Cl)c4)C(=O)C3C2)CC1. The van der Waals surface area contributed by atoms with Crippen molar-refractivity contribution in [1.29, 1.82) is 0 Å². The third-order valence-corrected chi connectivity index (χ3v) is 8.53. The normalized spacial score (nSPS) is 25.2. The largest absolute Gasteiger partial charge is 0.340 e. The molecule has 3 fully saturated rings. The first-order chi connectivity index (χ1) is 17.1. The average molecular weight is 539 g/mol. The van der Waals surface area contributed by atoms with E-state index >= 15 is 0 Å². The summed E-state index contributed by atoms with van der Waals surface area (Å²) >= 11 is 12.1. The van der Waals surface area contributed by atoms with Crippen LogP contribution in [0.5, 0.6) is 0 Å². The molecule has 4 rings (SSSR count). The number of nitrogens with one attached hydrogen (secondary N) is 1. The summed E-state index contributed by atoms with van der Waals surface area (Å²) in [6.45, 7) is 7.93. The van der Waals surface area contributed by atoms with Crippen molar-refractivity contribution in [2.45, 2.75) is 51.7 Å². The Bertz CT molecular complexity index is 982. The minimum absolute atomic E-state index is 0.0228. The molecule has 36 heavy (non-hydrogen) atoms. The van der Waals surface area contributed by atoms with Gasteiger partial charge in [0.25, 0.3) is 0 Å². The van der Waals surface area contributed by atoms with Crippen LogP contribution in [0, 0.1) is 11.8 Å². The van der Waals surface area contributed by atoms with Gasteiger partial charge in [-0.3, -0.25) is 24.6 Å². The molecule has 2 saturated heterocycles. The number of likely N-dealkylation sites (N-methyl/N-ethyl adjacent to an activating group) is 1. The van der Waals surface area contributed by atoms with Crippen LogP contribution in [0.15, 0.2) is 18.2 Å². The number of carbonyl (C=O) groups is 3. The zero-order chi connectivity index (χ0) is 26.0. The summed E-state index contributed by atoms with van der Waals surface area (Å²) in [5, 5.41) is 4.43. The average Bonchev–Trinajstić information content (AvgIpc) is 2.87. The molecule has 1 N–H and O–H groups in total. The van der Waals surface area contributed by atoms with Crippen molar-refractivity contribution < 1.29 is 14.4 Å². The van der Waals surface area contributed by atoms with Crippen LogP contribution in [0.3, 0.4) is 0 Å². The van der Waals surface area contributed by atoms with E-state index in [2.05, 4.69) is 10.2 Å². The molecule has 10 heteroatoms. The molecular formula is C26H37Cl2N5O3. The number of hydrogen-bond acceptors (Lipinski definition) is 5. The molecule has 2 aliphatic heterocycles. The lowest BCUT2D eigenvalue weighted by Crippen LogP contribution is -2.62. The molecule has 1 aromatic rings. The fourth-order valence-electron chi connectivity index (χ4n) is 5.63. The molecule has 0 spiro atoms. The molecule has 2 heterocycles. The summed E-state index contributed by atoms with van der Waals surface area (Å²) in [7, 11) is 1.73. The highest BCUT2D eigenvalue weighted by Gasteiger charge is 2.43. The third-order valence-electron chi connectivity index (χ3n) is 7.79. The fraction of sp³-hybridized carbons (Fsp3) is 0.654. The predicted molar refractivity (Wildman–Crippen MR) is 141 cm³/mol. The van der Waals surface area contributed by atoms with Gasteiger partial charge < -0.3 is 14.7 Å². The summed E-state index contributed by atoms with van der Waals surface area (Å²) in [5.74, 6) is 0.0615. The van der Waals surface area contributed by atoms with E-state index in [-0.39, 0.29) is 42.1 Å². The zero-order valence-electron chi connectivity index (χ0n) is 21.4. The van der Waals surface area contributed by atoms with Crippen LogP contribution in [-0.4, -0.2) is 95.8 Å². The maximum atomic E-state index is 13.4. The first-order valence-corrected chi connectivity index (χ1v) is 13.6. The van der Waals surface area contributed by atoms with Gasteiger partial charge in [-0.25, -0.2) is 0 Å². The number of fused-ring (bicyclic) bond motifs is 1. The molecule has 3 aliphatic rings. The van der Waals surface area contributed by atoms with E-state index in [0.29, 0.717) is 29.3 Å². The highest BCUT2D eigenvalue weighted by atomic mass is 35.5. The molecule has 3 amide bonds. The standard InChI is InChI=1S/C26H37Cl2N5O3/c1-17(2)25(35)32-10-8-31(9-11-32)19-5-7-23-20(13-19)26(36)33(16-29-23)15-24(34)30(3)14-18-4-6-21(27)22(28)12-18/h4,6,12,17,19-20,23,29H,5,7-11,13-16H2,1-3H3. The maximum absolute atomic E-state index is 13.4. The number of piperazine rings is 1. The lowest BCUT2D eigenvalue weighted by molar-refractivity contribution is -0.148. The Hall–Kier alpha value is -1.87. The van der Waals surface area contributed by atoms with E-state index in [9.17, 15) is 14.4 Å². The molecule has 0 bridgehead atoms. The monoisotopic (exact) mass is 537 g/mol. The van der Waals surface area contributed by atoms with E-state index in [1.165, 1.54) is 0 Å². The first kappa shape index (κ1) is 27.2. The number of rotatable bonds is 6. The minimum atomic E-state index is -0.124. The number of nitrogens with zero attached hydrogens (tertiary/aromatic N) is 4. The van der Waals surface area contributed by atoms with E-state index < -0.39 is 0 Å². The van der Waals surface area contributed by atoms with Gasteiger partial charge in [-0.15, -0.1) is 0 Å². The van der Waals surface area contributed by atoms with Crippen molar-refractivity contribution in [3.63, 3.8) is 0 Å². The van der Waals surface area contributed by atoms with E-state index in [1.54, 1.807) is 29.0 Å². The number of amides is 3. The molecule has 1 aromatic carbocycles. The van der Waals surface area contributed by atoms with E-state index in [0.717, 1.165) is 51.0 Å². The van der Waals surface area contributed by atoms with Gasteiger partial charge in [0.15, 0.2) is 0 Å². The van der Waals surface area contributed by atoms with Crippen LogP contribution in [0.1, 0.15) is 38.7 Å². The quantitative estimate of drug-likeness (QED) is 0.603. The fourth-order valence-corrected chi connectivity index (χ4v) is 5.95. The Morgan fingerprint density at radius 1 is 1.11 bits per heavy atom. The zero-order valence-corrected chi connectivity index (χ0v) is 22.9. The highest BCUT2D eigenvalue weighted by Crippen LogP contribution is 2.32. The van der Waals surface area contributed by atoms with Gasteiger partial charge in [0, 0.05) is 57.8 Å². The van der Waals surface area contributed by atoms with Crippen LogP contribution in [-0.2, 0) is 20.9 Å². The molecule has 198 valence electrons. The number of benzene rings is 1. The highest BCUT2D eigenvalue weighted by molar-refractivity contribution is 6.42. The van der Waals surface area contributed by atoms with Crippen LogP contribution < -0.4 is 5.32 Å². The van der Waals surface area contributed by atoms with Crippen molar-refractivity contribution >= 4 is 40.9 Å². The lowest BCUT2D eigenvalue weighted by atomic mass is 9.79. The van der Waals surface area contributed by atoms with Gasteiger partial charge >= 0.3 is 0 Å². The lowest BCUT2D eigenvalue weighted by Gasteiger charge is -2.47. The molecule has 1 aliphatic carbocycles. The molecule has 0 aromatic heterocycles. The van der Waals surface area contributed by atoms with Gasteiger partial charge in [-0.1, -0.05) is 43.1 Å². The summed E-state index contributed by atoms with van der Waals surface area (Å²) in [6, 6.07) is 5.82. The Labute approximate surface area is 223 Å². The molecule has 0 radical (unpaired) electrons. The maximum Gasteiger partial charge on any atom is 0.242 e. The number of carbonyl (C=O) groups excluding carboxylic acids is 3. The van der Waals surface area contributed by atoms with Crippen molar-refractivity contribution in [2.75, 3.05) is 46.4 Å². The van der Waals surface area contributed by atoms with Crippen molar-refractivity contribution in [1.82, 2.24) is 24.9 Å². The Morgan fingerprint density at radius 3 is 2.50 bits per heavy atom. The summed E-state index contributed by atoms with van der Waals surface area (Å²) in [4.78, 5) is 46.3. The minimum Gasteiger partial charge on any atom is -0.340 e. The second-order valence-electron chi connectivity index (χ2n) is 10.6. The molecule has 8 nitrogen and oxygen atoms in total. The van der Waals surface area contributed by atoms with Gasteiger partial charge in [0.2, 0.25) is 17.7 Å².